The van der Waals surface area contributed by atoms with Crippen molar-refractivity contribution in [3.8, 4) is 0 Å². The van der Waals surface area contributed by atoms with E-state index in [1.54, 1.807) is 19.1 Å². The van der Waals surface area contributed by atoms with E-state index in [0.717, 1.165) is 47.4 Å². The molecule has 0 aliphatic heterocycles. The van der Waals surface area contributed by atoms with Crippen molar-refractivity contribution in [2.45, 2.75) is 71.0 Å². The first-order valence-corrected chi connectivity index (χ1v) is 14.1. The quantitative estimate of drug-likeness (QED) is 0.534. The van der Waals surface area contributed by atoms with Crippen LogP contribution in [-0.4, -0.2) is 50.0 Å². The molecule has 7 nitrogen and oxygen atoms in total. The lowest BCUT2D eigenvalue weighted by Crippen LogP contribution is -2.52. The van der Waals surface area contributed by atoms with Gasteiger partial charge in [0.05, 0.1) is 11.9 Å². The zero-order valence-corrected chi connectivity index (χ0v) is 21.9. The van der Waals surface area contributed by atoms with Gasteiger partial charge in [-0.15, -0.1) is 0 Å². The molecule has 2 aromatic carbocycles. The first-order chi connectivity index (χ1) is 16.6. The van der Waals surface area contributed by atoms with Crippen LogP contribution in [0.15, 0.2) is 54.6 Å². The summed E-state index contributed by atoms with van der Waals surface area (Å²) < 4.78 is 26.5. The maximum Gasteiger partial charge on any atom is 0.244 e. The third-order valence-electron chi connectivity index (χ3n) is 6.59. The Hall–Kier alpha value is -2.87. The Morgan fingerprint density at radius 3 is 2.11 bits per heavy atom. The van der Waals surface area contributed by atoms with Gasteiger partial charge in [-0.05, 0) is 48.9 Å². The van der Waals surface area contributed by atoms with E-state index in [2.05, 4.69) is 19.2 Å². The van der Waals surface area contributed by atoms with Crippen LogP contribution < -0.4 is 9.62 Å². The largest absolute Gasteiger partial charge is 0.352 e. The van der Waals surface area contributed by atoms with Crippen molar-refractivity contribution in [3.05, 3.63) is 65.7 Å². The third kappa shape index (κ3) is 7.31. The molecule has 1 aliphatic carbocycles. The van der Waals surface area contributed by atoms with Crippen molar-refractivity contribution in [3.63, 3.8) is 0 Å². The summed E-state index contributed by atoms with van der Waals surface area (Å²) >= 11 is 0. The van der Waals surface area contributed by atoms with Crippen LogP contribution in [0.1, 0.15) is 63.5 Å². The summed E-state index contributed by atoms with van der Waals surface area (Å²) in [5, 5.41) is 3.07. The van der Waals surface area contributed by atoms with E-state index >= 15 is 0 Å². The molecule has 1 fully saturated rings. The van der Waals surface area contributed by atoms with E-state index in [-0.39, 0.29) is 25.0 Å². The third-order valence-corrected chi connectivity index (χ3v) is 7.73. The van der Waals surface area contributed by atoms with Crippen LogP contribution in [-0.2, 0) is 26.2 Å². The standard InChI is InChI=1S/C27H37N3O4S/c1-20(2)23-14-16-25(17-15-23)30(35(4,33)34)19-26(31)29(18-22-10-6-5-7-11-22)21(3)27(32)28-24-12-8-9-13-24/h5-7,10-11,14-17,20-21,24H,8-9,12-13,18-19H2,1-4H3,(H,28,32). The van der Waals surface area contributed by atoms with Crippen molar-refractivity contribution in [1.29, 1.82) is 0 Å². The number of anilines is 1. The van der Waals surface area contributed by atoms with Gasteiger partial charge in [-0.3, -0.25) is 13.9 Å². The van der Waals surface area contributed by atoms with Gasteiger partial charge in [0.1, 0.15) is 12.6 Å². The molecule has 0 bridgehead atoms. The summed E-state index contributed by atoms with van der Waals surface area (Å²) in [6.07, 6.45) is 5.16. The molecule has 1 atom stereocenters. The van der Waals surface area contributed by atoms with Gasteiger partial charge in [0.25, 0.3) is 0 Å². The fourth-order valence-electron chi connectivity index (χ4n) is 4.39. The second-order valence-corrected chi connectivity index (χ2v) is 11.6. The predicted octanol–water partition coefficient (Wildman–Crippen LogP) is 4.05. The fraction of sp³-hybridized carbons (Fsp3) is 0.481. The van der Waals surface area contributed by atoms with Crippen molar-refractivity contribution in [2.75, 3.05) is 17.1 Å². The Balaban J connectivity index is 1.85. The normalized spacial score (nSPS) is 15.1. The Morgan fingerprint density at radius 2 is 1.57 bits per heavy atom. The minimum absolute atomic E-state index is 0.130. The molecule has 0 spiro atoms. The molecule has 0 saturated heterocycles. The lowest BCUT2D eigenvalue weighted by Gasteiger charge is -2.32. The molecule has 1 saturated carbocycles. The molecule has 35 heavy (non-hydrogen) atoms. The van der Waals surface area contributed by atoms with E-state index in [9.17, 15) is 18.0 Å². The number of benzene rings is 2. The van der Waals surface area contributed by atoms with Gasteiger partial charge in [0.15, 0.2) is 0 Å². The molecule has 1 aliphatic rings. The van der Waals surface area contributed by atoms with Crippen molar-refractivity contribution in [1.82, 2.24) is 10.2 Å². The molecule has 2 amide bonds. The van der Waals surface area contributed by atoms with Crippen molar-refractivity contribution >= 4 is 27.5 Å². The predicted molar refractivity (Wildman–Crippen MR) is 140 cm³/mol. The second kappa shape index (κ2) is 11.7. The minimum atomic E-state index is -3.73. The van der Waals surface area contributed by atoms with Gasteiger partial charge in [-0.1, -0.05) is 69.2 Å². The van der Waals surface area contributed by atoms with Gasteiger partial charge in [-0.25, -0.2) is 8.42 Å². The Bertz CT molecular complexity index is 1100. The number of sulfonamides is 1. The molecule has 1 N–H and O–H groups in total. The second-order valence-electron chi connectivity index (χ2n) is 9.69. The Kier molecular flexibility index (Phi) is 8.94. The fourth-order valence-corrected chi connectivity index (χ4v) is 5.24. The zero-order chi connectivity index (χ0) is 25.6. The monoisotopic (exact) mass is 499 g/mol. The number of nitrogens with zero attached hydrogens (tertiary/aromatic N) is 2. The number of carbonyl (C=O) groups excluding carboxylic acids is 2. The van der Waals surface area contributed by atoms with Crippen LogP contribution >= 0.6 is 0 Å². The molecule has 0 radical (unpaired) electrons. The Labute approximate surface area is 209 Å². The lowest BCUT2D eigenvalue weighted by atomic mass is 10.0. The van der Waals surface area contributed by atoms with Crippen molar-refractivity contribution < 1.29 is 18.0 Å². The van der Waals surface area contributed by atoms with Crippen molar-refractivity contribution in [2.24, 2.45) is 0 Å². The molecule has 0 heterocycles. The Morgan fingerprint density at radius 1 is 0.971 bits per heavy atom. The number of hydrogen-bond donors (Lipinski definition) is 1. The number of carbonyl (C=O) groups is 2. The first kappa shape index (κ1) is 26.7. The molecular weight excluding hydrogens is 462 g/mol. The van der Waals surface area contributed by atoms with Crippen LogP contribution in [0.3, 0.4) is 0 Å². The van der Waals surface area contributed by atoms with Gasteiger partial charge in [0.2, 0.25) is 21.8 Å². The zero-order valence-electron chi connectivity index (χ0n) is 21.1. The van der Waals surface area contributed by atoms with E-state index in [0.29, 0.717) is 11.6 Å². The van der Waals surface area contributed by atoms with Crippen LogP contribution in [0, 0.1) is 0 Å². The van der Waals surface area contributed by atoms with E-state index in [1.807, 2.05) is 42.5 Å². The number of amides is 2. The molecule has 3 rings (SSSR count). The maximum absolute atomic E-state index is 13.6. The molecular formula is C27H37N3O4S. The summed E-state index contributed by atoms with van der Waals surface area (Å²) in [4.78, 5) is 28.1. The molecule has 0 aromatic heterocycles. The summed E-state index contributed by atoms with van der Waals surface area (Å²) in [5.74, 6) is -0.340. The number of nitrogens with one attached hydrogen (secondary N) is 1. The molecule has 2 aromatic rings. The summed E-state index contributed by atoms with van der Waals surface area (Å²) in [5.41, 5.74) is 2.37. The summed E-state index contributed by atoms with van der Waals surface area (Å²) in [7, 11) is -3.73. The highest BCUT2D eigenvalue weighted by atomic mass is 32.2. The van der Waals surface area contributed by atoms with E-state index in [1.165, 1.54) is 4.90 Å². The average Bonchev–Trinajstić information content (AvgIpc) is 3.33. The summed E-state index contributed by atoms with van der Waals surface area (Å²) in [6, 6.07) is 16.0. The average molecular weight is 500 g/mol. The van der Waals surface area contributed by atoms with Gasteiger partial charge >= 0.3 is 0 Å². The highest BCUT2D eigenvalue weighted by Gasteiger charge is 2.31. The molecule has 190 valence electrons. The van der Waals surface area contributed by atoms with E-state index in [4.69, 9.17) is 0 Å². The topological polar surface area (TPSA) is 86.8 Å². The molecule has 8 heteroatoms. The van der Waals surface area contributed by atoms with E-state index < -0.39 is 22.0 Å². The number of hydrogen-bond acceptors (Lipinski definition) is 4. The van der Waals surface area contributed by atoms with Crippen LogP contribution in [0.4, 0.5) is 5.69 Å². The SMILES string of the molecule is CC(C)c1ccc(N(CC(=O)N(Cc2ccccc2)C(C)C(=O)NC2CCCC2)S(C)(=O)=O)cc1. The number of rotatable bonds is 10. The molecule has 1 unspecified atom stereocenters. The maximum atomic E-state index is 13.6. The first-order valence-electron chi connectivity index (χ1n) is 12.3. The smallest absolute Gasteiger partial charge is 0.244 e. The highest BCUT2D eigenvalue weighted by Crippen LogP contribution is 2.23. The van der Waals surface area contributed by atoms with Crippen LogP contribution in [0.25, 0.3) is 0 Å². The highest BCUT2D eigenvalue weighted by molar-refractivity contribution is 7.92. The lowest BCUT2D eigenvalue weighted by molar-refractivity contribution is -0.139. The summed E-state index contributed by atoms with van der Waals surface area (Å²) in [6.45, 7) is 5.66. The van der Waals surface area contributed by atoms with Gasteiger partial charge in [0, 0.05) is 12.6 Å². The van der Waals surface area contributed by atoms with Gasteiger partial charge < -0.3 is 10.2 Å². The minimum Gasteiger partial charge on any atom is -0.352 e. The van der Waals surface area contributed by atoms with Crippen LogP contribution in [0.5, 0.6) is 0 Å². The van der Waals surface area contributed by atoms with Gasteiger partial charge in [-0.2, -0.15) is 0 Å². The van der Waals surface area contributed by atoms with Crippen LogP contribution in [0.2, 0.25) is 0 Å².